The first-order chi connectivity index (χ1) is 61.0. The molecule has 14 aromatic carbocycles. The van der Waals surface area contributed by atoms with Crippen LogP contribution >= 0.6 is 0 Å². The van der Waals surface area contributed by atoms with E-state index in [1.165, 1.54) is 138 Å². The zero-order valence-corrected chi connectivity index (χ0v) is 76.0. The van der Waals surface area contributed by atoms with Crippen molar-refractivity contribution in [2.45, 2.75) is 178 Å². The maximum atomic E-state index is 12.2. The molecule has 14 aromatic rings. The largest absolute Gasteiger partial charge is 0.493 e. The Balaban J connectivity index is 0.000000130. The van der Waals surface area contributed by atoms with Gasteiger partial charge in [0.1, 0.15) is 23.9 Å². The molecule has 7 nitrogen and oxygen atoms in total. The molecule has 5 fully saturated rings. The molecule has 0 radical (unpaired) electrons. The highest BCUT2D eigenvalue weighted by Crippen LogP contribution is 2.58. The Kier molecular flexibility index (Phi) is 32.2. The third-order valence-corrected chi connectivity index (χ3v) is 25.2. The number of ether oxygens (including phenoxy) is 3. The number of aryl methyl sites for hydroxylation is 12. The third-order valence-electron chi connectivity index (χ3n) is 25.2. The maximum Gasteiger partial charge on any atom is 0.493 e. The SMILES string of the molecule is Cc1ccc(-c2ccc(B3OCC(C)CO3)cc2)cc1.Cc1ccc(C#Cc2ccc3cc(C)ccc3c2)cc1.Cc1ccc(C23CCC(c4ccc(C)cc4)(CC2)CC3)cc1.Cc1ccc(CCc2ccc(C(=O)Oc3ccc(C)cc3)cc2)cc1.Cc1ccc(OC(=O)C2CCC(C)CC2)cc1.Cc1ccc(OCc2ccc(-c3ccc(C)cc3)cc2)cc1. The molecule has 0 unspecified atom stereocenters. The minimum atomic E-state index is -0.325. The summed E-state index contributed by atoms with van der Waals surface area (Å²) in [6.45, 7) is 27.5. The van der Waals surface area contributed by atoms with Crippen molar-refractivity contribution in [3.63, 3.8) is 0 Å². The highest BCUT2D eigenvalue weighted by Gasteiger charge is 2.50. The number of benzene rings is 14. The van der Waals surface area contributed by atoms with E-state index in [-0.39, 0.29) is 25.0 Å². The first kappa shape index (κ1) is 91.3. The van der Waals surface area contributed by atoms with E-state index in [2.05, 4.69) is 324 Å². The lowest BCUT2D eigenvalue weighted by Gasteiger charge is -2.54. The van der Waals surface area contributed by atoms with Crippen LogP contribution in [0.2, 0.25) is 0 Å². The molecule has 1 saturated heterocycles. The number of rotatable bonds is 15. The second-order valence-corrected chi connectivity index (χ2v) is 35.8. The van der Waals surface area contributed by atoms with Gasteiger partial charge in [-0.15, -0.1) is 0 Å². The molecule has 0 amide bonds. The van der Waals surface area contributed by atoms with Gasteiger partial charge in [0, 0.05) is 24.3 Å². The molecule has 19 rings (SSSR count). The topological polar surface area (TPSA) is 80.3 Å². The van der Waals surface area contributed by atoms with Gasteiger partial charge in [0.05, 0.1) is 11.5 Å². The number of fused-ring (bicyclic) bond motifs is 4. The van der Waals surface area contributed by atoms with Crippen LogP contribution < -0.4 is 19.7 Å². The van der Waals surface area contributed by atoms with Gasteiger partial charge in [-0.3, -0.25) is 4.79 Å². The van der Waals surface area contributed by atoms with E-state index in [4.69, 9.17) is 23.5 Å². The molecule has 1 heterocycles. The molecule has 2 bridgehead atoms. The summed E-state index contributed by atoms with van der Waals surface area (Å²) in [7, 11) is -0.210. The van der Waals surface area contributed by atoms with Gasteiger partial charge in [-0.1, -0.05) is 336 Å². The standard InChI is InChI=1S/C23H22O2.C22H26.C21H20O.C20H16.C17H19BO2.C15H20O2/c1-17-3-7-19(8-4-17)9-10-20-11-13-21(14-12-20)23(24)25-22-15-5-18(2)6-16-22;1-17-3-7-19(8-4-17)21-11-14-22(15-12-21,16-13-21)20-9-5-18(2)6-10-20;1-16-3-9-19(10-4-16)20-11-7-18(8-12-20)15-22-21-13-5-17(2)6-14-21;1-15-3-6-17(7-4-15)8-9-18-10-12-19-13-16(2)5-11-20(19)14-18;1-13-3-5-15(6-4-13)16-7-9-17(10-8-16)18-19-11-14(2)12-20-18;1-11-3-7-13(8-4-11)15(16)17-14-9-5-12(2)6-10-14/h3-8,11-16H,9-10H2,1-2H3;3-10H,11-16H2,1-2H3;3-14H,15H2,1-2H3;3-7,10-14H,1-2H3;3-10,14H,11-12H2,1-2H3;5-6,9-11,13H,3-4,7-8H2,1-2H3. The summed E-state index contributed by atoms with van der Waals surface area (Å²) < 4.78 is 28.0. The van der Waals surface area contributed by atoms with Gasteiger partial charge in [0.15, 0.2) is 0 Å². The van der Waals surface area contributed by atoms with E-state index in [0.29, 0.717) is 40.4 Å². The Morgan fingerprint density at radius 1 is 0.333 bits per heavy atom. The van der Waals surface area contributed by atoms with Gasteiger partial charge in [-0.2, -0.15) is 0 Å². The highest BCUT2D eigenvalue weighted by atomic mass is 16.6. The predicted octanol–water partition coefficient (Wildman–Crippen LogP) is 28.3. The molecule has 1 aliphatic heterocycles. The lowest BCUT2D eigenvalue weighted by Crippen LogP contribution is -2.46. The summed E-state index contributed by atoms with van der Waals surface area (Å²) in [5.74, 6) is 9.57. The molecule has 4 saturated carbocycles. The lowest BCUT2D eigenvalue weighted by molar-refractivity contribution is -0.140. The first-order valence-corrected chi connectivity index (χ1v) is 45.2. The molecule has 8 heteroatoms. The Hall–Kier alpha value is -12.4. The molecule has 126 heavy (non-hydrogen) atoms. The highest BCUT2D eigenvalue weighted by molar-refractivity contribution is 6.61. The lowest BCUT2D eigenvalue weighted by atomic mass is 9.50. The second-order valence-electron chi connectivity index (χ2n) is 35.8. The number of carbonyl (C=O) groups excluding carboxylic acids is 2. The second kappa shape index (κ2) is 44.5. The van der Waals surface area contributed by atoms with Crippen LogP contribution in [0.25, 0.3) is 33.0 Å². The van der Waals surface area contributed by atoms with Crippen molar-refractivity contribution in [3.05, 3.63) is 428 Å². The fourth-order valence-electron chi connectivity index (χ4n) is 16.7. The molecule has 5 aliphatic rings. The van der Waals surface area contributed by atoms with Crippen LogP contribution in [-0.2, 0) is 44.4 Å². The van der Waals surface area contributed by atoms with E-state index in [1.54, 1.807) is 11.1 Å². The van der Waals surface area contributed by atoms with Gasteiger partial charge < -0.3 is 23.5 Å². The van der Waals surface area contributed by atoms with Gasteiger partial charge >= 0.3 is 19.1 Å². The Labute approximate surface area is 751 Å². The first-order valence-electron chi connectivity index (χ1n) is 45.2. The van der Waals surface area contributed by atoms with E-state index >= 15 is 0 Å². The average Bonchev–Trinajstić information content (AvgIpc) is 0.734. The van der Waals surface area contributed by atoms with Gasteiger partial charge in [-0.05, 0) is 308 Å². The molecule has 0 spiro atoms. The Morgan fingerprint density at radius 2 is 0.667 bits per heavy atom. The van der Waals surface area contributed by atoms with Gasteiger partial charge in [0.2, 0.25) is 0 Å². The fraction of sp³-hybridized carbons (Fsp3) is 0.271. The van der Waals surface area contributed by atoms with Crippen molar-refractivity contribution in [1.29, 1.82) is 0 Å². The maximum absolute atomic E-state index is 12.2. The van der Waals surface area contributed by atoms with Crippen molar-refractivity contribution >= 4 is 35.3 Å². The van der Waals surface area contributed by atoms with Gasteiger partial charge in [0.25, 0.3) is 0 Å². The molecule has 0 aromatic heterocycles. The molecule has 4 aliphatic carbocycles. The number of hydrogen-bond donors (Lipinski definition) is 0. The molecular weight excluding hydrogens is 1540 g/mol. The quantitative estimate of drug-likeness (QED) is 0.0438. The smallest absolute Gasteiger partial charge is 0.489 e. The van der Waals surface area contributed by atoms with Crippen LogP contribution in [0.3, 0.4) is 0 Å². The summed E-state index contributed by atoms with van der Waals surface area (Å²) in [5, 5.41) is 2.51. The van der Waals surface area contributed by atoms with Crippen LogP contribution in [0.5, 0.6) is 17.2 Å². The van der Waals surface area contributed by atoms with Crippen LogP contribution in [0.1, 0.15) is 183 Å². The third kappa shape index (κ3) is 26.8. The molecular formula is C118H123BO7. The van der Waals surface area contributed by atoms with Crippen LogP contribution in [0.4, 0.5) is 0 Å². The number of esters is 2. The van der Waals surface area contributed by atoms with E-state index in [0.717, 1.165) is 85.6 Å². The predicted molar refractivity (Wildman–Crippen MR) is 524 cm³/mol. The van der Waals surface area contributed by atoms with E-state index < -0.39 is 0 Å². The summed E-state index contributed by atoms with van der Waals surface area (Å²) in [4.78, 5) is 24.1. The summed E-state index contributed by atoms with van der Waals surface area (Å²) in [6, 6.07) is 114. The summed E-state index contributed by atoms with van der Waals surface area (Å²) in [6.07, 6.45) is 14.4. The van der Waals surface area contributed by atoms with Crippen LogP contribution in [0, 0.1) is 98.8 Å². The minimum absolute atomic E-state index is 0.0549. The number of carbonyl (C=O) groups is 2. The fourth-order valence-corrected chi connectivity index (χ4v) is 16.7. The monoisotopic (exact) mass is 1660 g/mol. The average molecular weight is 1660 g/mol. The zero-order valence-electron chi connectivity index (χ0n) is 76.0. The van der Waals surface area contributed by atoms with Crippen molar-refractivity contribution in [3.8, 4) is 51.3 Å². The van der Waals surface area contributed by atoms with Crippen molar-refractivity contribution < 1.29 is 33.1 Å². The van der Waals surface area contributed by atoms with Crippen molar-refractivity contribution in [1.82, 2.24) is 0 Å². The van der Waals surface area contributed by atoms with Crippen molar-refractivity contribution in [2.75, 3.05) is 13.2 Å². The van der Waals surface area contributed by atoms with E-state index in [9.17, 15) is 9.59 Å². The molecule has 0 N–H and O–H groups in total. The normalized spacial score (nSPS) is 16.7. The Morgan fingerprint density at radius 3 is 1.12 bits per heavy atom. The van der Waals surface area contributed by atoms with E-state index in [1.807, 2.05) is 98.8 Å². The minimum Gasteiger partial charge on any atom is -0.489 e. The van der Waals surface area contributed by atoms with Crippen LogP contribution in [0.15, 0.2) is 328 Å². The summed E-state index contributed by atoms with van der Waals surface area (Å²) >= 11 is 0. The summed E-state index contributed by atoms with van der Waals surface area (Å²) in [5.41, 5.74) is 29.3. The Bertz CT molecular complexity index is 5750. The van der Waals surface area contributed by atoms with Gasteiger partial charge in [-0.25, -0.2) is 4.79 Å². The number of hydrogen-bond acceptors (Lipinski definition) is 7. The molecule has 640 valence electrons. The van der Waals surface area contributed by atoms with Crippen molar-refractivity contribution in [2.24, 2.45) is 17.8 Å². The molecule has 0 atom stereocenters. The van der Waals surface area contributed by atoms with Crippen LogP contribution in [-0.4, -0.2) is 32.3 Å². The zero-order chi connectivity index (χ0) is 88.4.